The molecule has 0 aromatic heterocycles. The van der Waals surface area contributed by atoms with Crippen molar-refractivity contribution >= 4 is 0 Å². The fourth-order valence-electron chi connectivity index (χ4n) is 3.99. The molecule has 0 amide bonds. The molecule has 2 fully saturated rings. The first-order chi connectivity index (χ1) is 10.2. The van der Waals surface area contributed by atoms with E-state index in [9.17, 15) is 0 Å². The van der Waals surface area contributed by atoms with Crippen LogP contribution in [0.3, 0.4) is 0 Å². The van der Waals surface area contributed by atoms with Gasteiger partial charge in [0, 0.05) is 24.5 Å². The van der Waals surface area contributed by atoms with Crippen LogP contribution in [0.25, 0.3) is 11.1 Å². The van der Waals surface area contributed by atoms with Crippen molar-refractivity contribution in [2.75, 3.05) is 13.1 Å². The van der Waals surface area contributed by atoms with Crippen LogP contribution in [0.2, 0.25) is 0 Å². The van der Waals surface area contributed by atoms with E-state index in [1.807, 2.05) is 0 Å². The van der Waals surface area contributed by atoms with Crippen LogP contribution in [-0.2, 0) is 5.41 Å². The highest BCUT2D eigenvalue weighted by Gasteiger charge is 2.60. The third kappa shape index (κ3) is 2.11. The standard InChI is InChI=1S/C20H23N/c1-15(2)21-13-19-12-20(19,14-21)18-10-8-17(9-11-18)16-6-4-3-5-7-16/h3-11,15,19H,12-14H2,1-2H3. The Labute approximate surface area is 127 Å². The van der Waals surface area contributed by atoms with E-state index in [2.05, 4.69) is 73.3 Å². The number of hydrogen-bond acceptors (Lipinski definition) is 1. The smallest absolute Gasteiger partial charge is 0.0124 e. The van der Waals surface area contributed by atoms with E-state index < -0.39 is 0 Å². The molecule has 2 aliphatic rings. The maximum Gasteiger partial charge on any atom is 0.0124 e. The van der Waals surface area contributed by atoms with Gasteiger partial charge in [0.1, 0.15) is 0 Å². The van der Waals surface area contributed by atoms with Crippen molar-refractivity contribution in [3.8, 4) is 11.1 Å². The molecule has 1 heterocycles. The van der Waals surface area contributed by atoms with Gasteiger partial charge >= 0.3 is 0 Å². The molecular formula is C20H23N. The summed E-state index contributed by atoms with van der Waals surface area (Å²) in [4.78, 5) is 2.64. The van der Waals surface area contributed by atoms with E-state index in [-0.39, 0.29) is 0 Å². The first kappa shape index (κ1) is 13.1. The van der Waals surface area contributed by atoms with Gasteiger partial charge in [-0.25, -0.2) is 0 Å². The monoisotopic (exact) mass is 277 g/mol. The Morgan fingerprint density at radius 1 is 0.952 bits per heavy atom. The van der Waals surface area contributed by atoms with Gasteiger partial charge in [0.05, 0.1) is 0 Å². The van der Waals surface area contributed by atoms with Crippen molar-refractivity contribution in [3.05, 3.63) is 60.2 Å². The average Bonchev–Trinajstić information content (AvgIpc) is 3.10. The number of likely N-dealkylation sites (tertiary alicyclic amines) is 1. The van der Waals surface area contributed by atoms with E-state index in [1.165, 1.54) is 30.6 Å². The number of nitrogens with zero attached hydrogens (tertiary/aromatic N) is 1. The van der Waals surface area contributed by atoms with Crippen LogP contribution in [0.1, 0.15) is 25.8 Å². The second-order valence-electron chi connectivity index (χ2n) is 7.02. The van der Waals surface area contributed by atoms with Gasteiger partial charge in [-0.3, -0.25) is 4.90 Å². The van der Waals surface area contributed by atoms with Gasteiger partial charge < -0.3 is 0 Å². The fourth-order valence-corrected chi connectivity index (χ4v) is 3.99. The van der Waals surface area contributed by atoms with Gasteiger partial charge in [-0.2, -0.15) is 0 Å². The topological polar surface area (TPSA) is 3.24 Å². The molecule has 108 valence electrons. The van der Waals surface area contributed by atoms with Crippen LogP contribution in [0.15, 0.2) is 54.6 Å². The molecule has 1 nitrogen and oxygen atoms in total. The van der Waals surface area contributed by atoms with Crippen LogP contribution < -0.4 is 0 Å². The van der Waals surface area contributed by atoms with Crippen molar-refractivity contribution in [2.24, 2.45) is 5.92 Å². The van der Waals surface area contributed by atoms with Crippen molar-refractivity contribution in [1.29, 1.82) is 0 Å². The predicted molar refractivity (Wildman–Crippen MR) is 88.4 cm³/mol. The highest BCUT2D eigenvalue weighted by atomic mass is 15.2. The zero-order chi connectivity index (χ0) is 14.4. The Morgan fingerprint density at radius 3 is 2.24 bits per heavy atom. The molecule has 0 spiro atoms. The summed E-state index contributed by atoms with van der Waals surface area (Å²) < 4.78 is 0. The quantitative estimate of drug-likeness (QED) is 0.807. The highest BCUT2D eigenvalue weighted by Crippen LogP contribution is 2.59. The van der Waals surface area contributed by atoms with E-state index in [1.54, 1.807) is 5.56 Å². The third-order valence-corrected chi connectivity index (χ3v) is 5.47. The fraction of sp³-hybridized carbons (Fsp3) is 0.400. The molecule has 2 aromatic carbocycles. The maximum absolute atomic E-state index is 2.64. The molecule has 1 saturated carbocycles. The summed E-state index contributed by atoms with van der Waals surface area (Å²) in [5.74, 6) is 0.891. The summed E-state index contributed by atoms with van der Waals surface area (Å²) in [7, 11) is 0. The molecule has 1 aliphatic heterocycles. The molecule has 0 radical (unpaired) electrons. The number of hydrogen-bond donors (Lipinski definition) is 0. The first-order valence-electron chi connectivity index (χ1n) is 8.09. The first-order valence-corrected chi connectivity index (χ1v) is 8.09. The lowest BCUT2D eigenvalue weighted by Gasteiger charge is -2.24. The van der Waals surface area contributed by atoms with Gasteiger partial charge in [-0.05, 0) is 42.9 Å². The lowest BCUT2D eigenvalue weighted by atomic mass is 9.93. The molecule has 1 saturated heterocycles. The molecule has 0 N–H and O–H groups in total. The Bertz CT molecular complexity index is 629. The van der Waals surface area contributed by atoms with Crippen LogP contribution in [-0.4, -0.2) is 24.0 Å². The average molecular weight is 277 g/mol. The summed E-state index contributed by atoms with van der Waals surface area (Å²) in [5, 5.41) is 0. The number of fused-ring (bicyclic) bond motifs is 1. The van der Waals surface area contributed by atoms with Crippen LogP contribution >= 0.6 is 0 Å². The predicted octanol–water partition coefficient (Wildman–Crippen LogP) is 4.34. The summed E-state index contributed by atoms with van der Waals surface area (Å²) >= 11 is 0. The minimum atomic E-state index is 0.472. The minimum absolute atomic E-state index is 0.472. The molecule has 1 aliphatic carbocycles. The number of rotatable bonds is 3. The largest absolute Gasteiger partial charge is 0.300 e. The second-order valence-corrected chi connectivity index (χ2v) is 7.02. The highest BCUT2D eigenvalue weighted by molar-refractivity contribution is 5.64. The van der Waals surface area contributed by atoms with Crippen molar-refractivity contribution in [2.45, 2.75) is 31.7 Å². The lowest BCUT2D eigenvalue weighted by Crippen LogP contribution is -2.32. The molecule has 2 unspecified atom stereocenters. The van der Waals surface area contributed by atoms with E-state index in [0.717, 1.165) is 5.92 Å². The zero-order valence-electron chi connectivity index (χ0n) is 12.9. The number of benzene rings is 2. The van der Waals surface area contributed by atoms with E-state index >= 15 is 0 Å². The van der Waals surface area contributed by atoms with Gasteiger partial charge in [0.25, 0.3) is 0 Å². The number of piperidine rings is 1. The molecule has 1 heteroatoms. The van der Waals surface area contributed by atoms with Crippen molar-refractivity contribution in [1.82, 2.24) is 4.90 Å². The molecule has 2 atom stereocenters. The second kappa shape index (κ2) is 4.71. The molecule has 4 rings (SSSR count). The van der Waals surface area contributed by atoms with Crippen LogP contribution in [0.4, 0.5) is 0 Å². The molecule has 21 heavy (non-hydrogen) atoms. The molecular weight excluding hydrogens is 254 g/mol. The maximum atomic E-state index is 2.64. The van der Waals surface area contributed by atoms with E-state index in [4.69, 9.17) is 0 Å². The minimum Gasteiger partial charge on any atom is -0.300 e. The van der Waals surface area contributed by atoms with Crippen molar-refractivity contribution in [3.63, 3.8) is 0 Å². The Morgan fingerprint density at radius 2 is 1.62 bits per heavy atom. The summed E-state index contributed by atoms with van der Waals surface area (Å²) in [6.45, 7) is 7.17. The van der Waals surface area contributed by atoms with E-state index in [0.29, 0.717) is 11.5 Å². The lowest BCUT2D eigenvalue weighted by molar-refractivity contribution is 0.243. The van der Waals surface area contributed by atoms with Gasteiger partial charge in [-0.15, -0.1) is 0 Å². The van der Waals surface area contributed by atoms with Gasteiger partial charge in [-0.1, -0.05) is 54.6 Å². The Balaban J connectivity index is 1.58. The summed E-state index contributed by atoms with van der Waals surface area (Å²) in [6, 6.07) is 20.7. The van der Waals surface area contributed by atoms with Crippen LogP contribution in [0, 0.1) is 5.92 Å². The Kier molecular flexibility index (Phi) is 2.93. The van der Waals surface area contributed by atoms with Gasteiger partial charge in [0.2, 0.25) is 0 Å². The normalized spacial score (nSPS) is 27.9. The molecule has 0 bridgehead atoms. The molecule has 2 aromatic rings. The van der Waals surface area contributed by atoms with Gasteiger partial charge in [0.15, 0.2) is 0 Å². The Hall–Kier alpha value is -1.60. The summed E-state index contributed by atoms with van der Waals surface area (Å²) in [5.41, 5.74) is 4.66. The zero-order valence-corrected chi connectivity index (χ0v) is 12.9. The SMILES string of the molecule is CC(C)N1CC2CC2(c2ccc(-c3ccccc3)cc2)C1. The third-order valence-electron chi connectivity index (χ3n) is 5.47. The summed E-state index contributed by atoms with van der Waals surface area (Å²) in [6.07, 6.45) is 1.39. The van der Waals surface area contributed by atoms with Crippen molar-refractivity contribution < 1.29 is 0 Å². The van der Waals surface area contributed by atoms with Crippen LogP contribution in [0.5, 0.6) is 0 Å².